The van der Waals surface area contributed by atoms with Crippen LogP contribution >= 0.6 is 0 Å². The van der Waals surface area contributed by atoms with E-state index >= 15 is 0 Å². The molecule has 5 aromatic rings. The molecule has 49 heavy (non-hydrogen) atoms. The Labute approximate surface area is 281 Å². The molecule has 0 spiro atoms. The number of piperazine rings is 1. The fraction of sp³-hybridized carbons (Fsp3) is 0.371. The molecule has 0 aliphatic carbocycles. The highest BCUT2D eigenvalue weighted by molar-refractivity contribution is 5.54. The van der Waals surface area contributed by atoms with Crippen molar-refractivity contribution in [2.24, 2.45) is 5.92 Å². The van der Waals surface area contributed by atoms with Crippen molar-refractivity contribution < 1.29 is 23.4 Å². The Bertz CT molecular complexity index is 1910. The molecular formula is C35H38F2N8O4. The van der Waals surface area contributed by atoms with Gasteiger partial charge in [-0.05, 0) is 67.9 Å². The third-order valence-corrected chi connectivity index (χ3v) is 9.15. The maximum Gasteiger partial charge on any atom is 0.350 e. The first-order valence-corrected chi connectivity index (χ1v) is 16.3. The quantitative estimate of drug-likeness (QED) is 0.225. The first kappa shape index (κ1) is 32.5. The molecule has 3 atom stereocenters. The van der Waals surface area contributed by atoms with Crippen LogP contribution in [0.1, 0.15) is 18.9 Å². The molecule has 0 saturated carbocycles. The lowest BCUT2D eigenvalue weighted by Crippen LogP contribution is -2.46. The van der Waals surface area contributed by atoms with E-state index in [2.05, 4.69) is 37.1 Å². The monoisotopic (exact) mass is 672 g/mol. The Morgan fingerprint density at radius 2 is 1.61 bits per heavy atom. The molecule has 4 heterocycles. The highest BCUT2D eigenvalue weighted by Gasteiger charge is 2.44. The summed E-state index contributed by atoms with van der Waals surface area (Å²) in [6.45, 7) is 6.15. The molecule has 12 nitrogen and oxygen atoms in total. The minimum Gasteiger partial charge on any atom is -0.493 e. The van der Waals surface area contributed by atoms with Crippen molar-refractivity contribution in [3.05, 3.63) is 113 Å². The average molecular weight is 673 g/mol. The first-order valence-electron chi connectivity index (χ1n) is 16.3. The molecule has 2 aliphatic rings. The Balaban J connectivity index is 0.922. The third-order valence-electron chi connectivity index (χ3n) is 9.15. The van der Waals surface area contributed by atoms with Gasteiger partial charge in [-0.1, -0.05) is 6.07 Å². The molecule has 1 N–H and O–H groups in total. The number of benzene rings is 3. The van der Waals surface area contributed by atoms with Crippen LogP contribution in [-0.4, -0.2) is 79.7 Å². The predicted molar refractivity (Wildman–Crippen MR) is 178 cm³/mol. The van der Waals surface area contributed by atoms with Crippen LogP contribution < -0.4 is 20.2 Å². The van der Waals surface area contributed by atoms with Gasteiger partial charge in [0.1, 0.15) is 42.0 Å². The lowest BCUT2D eigenvalue weighted by molar-refractivity contribution is -0.0206. The second-order valence-corrected chi connectivity index (χ2v) is 12.7. The maximum absolute atomic E-state index is 14.9. The van der Waals surface area contributed by atoms with E-state index in [1.165, 1.54) is 34.0 Å². The van der Waals surface area contributed by atoms with Crippen LogP contribution in [0.15, 0.2) is 90.5 Å². The van der Waals surface area contributed by atoms with Crippen molar-refractivity contribution in [1.29, 1.82) is 0 Å². The summed E-state index contributed by atoms with van der Waals surface area (Å²) in [6, 6.07) is 19.5. The van der Waals surface area contributed by atoms with E-state index in [9.17, 15) is 18.7 Å². The Kier molecular flexibility index (Phi) is 9.15. The fourth-order valence-corrected chi connectivity index (χ4v) is 6.69. The lowest BCUT2D eigenvalue weighted by atomic mass is 9.87. The zero-order valence-corrected chi connectivity index (χ0v) is 27.1. The van der Waals surface area contributed by atoms with Gasteiger partial charge in [-0.25, -0.2) is 32.5 Å². The predicted octanol–water partition coefficient (Wildman–Crippen LogP) is 3.62. The van der Waals surface area contributed by atoms with Crippen LogP contribution in [0.2, 0.25) is 0 Å². The summed E-state index contributed by atoms with van der Waals surface area (Å²) in [5, 5.41) is 17.9. The van der Waals surface area contributed by atoms with Crippen LogP contribution in [0.4, 0.5) is 20.2 Å². The minimum atomic E-state index is -1.02. The Morgan fingerprint density at radius 1 is 0.939 bits per heavy atom. The molecule has 0 unspecified atom stereocenters. The summed E-state index contributed by atoms with van der Waals surface area (Å²) in [4.78, 5) is 21.3. The molecule has 256 valence electrons. The summed E-state index contributed by atoms with van der Waals surface area (Å²) in [5.41, 5.74) is 1.91. The standard InChI is InChI=1S/C35H38F2N8O4/c1-25(46)18-45-34(47)44(24-40-45)30-5-3-28(4-6-30)41-12-14-42(15-13-41)29-7-9-31(10-8-29)48-19-26-17-35(49-20-26,21-43-23-38-22-39-43)32-11-2-27(36)16-33(32)37/h2-11,16,22-26,46H,12-15,17-21H2,1H3/t25-,26+,35-/m0/s1. The number of anilines is 2. The molecule has 2 aromatic heterocycles. The number of hydrogen-bond donors (Lipinski definition) is 1. The summed E-state index contributed by atoms with van der Waals surface area (Å²) >= 11 is 0. The zero-order valence-electron chi connectivity index (χ0n) is 27.1. The SMILES string of the molecule is C[C@H](O)Cn1ncn(-c2ccc(N3CCN(c4ccc(OC[C@@H]5CO[C@@](Cn6cncn6)(c6ccc(F)cc6F)C5)cc4)CC3)cc2)c1=O. The van der Waals surface area contributed by atoms with Gasteiger partial charge in [0, 0.05) is 55.1 Å². The van der Waals surface area contributed by atoms with E-state index in [4.69, 9.17) is 9.47 Å². The summed E-state index contributed by atoms with van der Waals surface area (Å²) < 4.78 is 45.4. The van der Waals surface area contributed by atoms with Gasteiger partial charge in [0.25, 0.3) is 0 Å². The summed E-state index contributed by atoms with van der Waals surface area (Å²) in [7, 11) is 0. The number of hydrogen-bond acceptors (Lipinski definition) is 9. The topological polar surface area (TPSA) is 116 Å². The van der Waals surface area contributed by atoms with Crippen LogP contribution in [0.5, 0.6) is 5.75 Å². The van der Waals surface area contributed by atoms with Gasteiger partial charge in [0.05, 0.1) is 38.1 Å². The fourth-order valence-electron chi connectivity index (χ4n) is 6.69. The number of nitrogens with zero attached hydrogens (tertiary/aromatic N) is 8. The van der Waals surface area contributed by atoms with E-state index in [0.717, 1.165) is 55.1 Å². The normalized spacial score (nSPS) is 20.1. The van der Waals surface area contributed by atoms with Crippen LogP contribution in [0, 0.1) is 17.6 Å². The zero-order chi connectivity index (χ0) is 34.0. The van der Waals surface area contributed by atoms with Crippen molar-refractivity contribution in [3.8, 4) is 11.4 Å². The van der Waals surface area contributed by atoms with Crippen LogP contribution in [-0.2, 0) is 23.4 Å². The summed E-state index contributed by atoms with van der Waals surface area (Å²) in [6.07, 6.45) is 4.27. The van der Waals surface area contributed by atoms with Gasteiger partial charge in [-0.3, -0.25) is 0 Å². The number of aliphatic hydroxyl groups is 1. The largest absolute Gasteiger partial charge is 0.493 e. The number of aliphatic hydroxyl groups excluding tert-OH is 1. The van der Waals surface area contributed by atoms with Gasteiger partial charge < -0.3 is 24.4 Å². The smallest absolute Gasteiger partial charge is 0.350 e. The number of ether oxygens (including phenoxy) is 2. The number of halogens is 2. The molecule has 2 fully saturated rings. The van der Waals surface area contributed by atoms with Gasteiger partial charge in [-0.15, -0.1) is 0 Å². The van der Waals surface area contributed by atoms with Gasteiger partial charge in [-0.2, -0.15) is 10.2 Å². The average Bonchev–Trinajstić information content (AvgIpc) is 3.86. The number of rotatable bonds is 11. The van der Waals surface area contributed by atoms with Gasteiger partial charge in [0.2, 0.25) is 0 Å². The molecule has 0 amide bonds. The van der Waals surface area contributed by atoms with Crippen LogP contribution in [0.3, 0.4) is 0 Å². The van der Waals surface area contributed by atoms with Crippen molar-refractivity contribution >= 4 is 11.4 Å². The Morgan fingerprint density at radius 3 is 2.24 bits per heavy atom. The van der Waals surface area contributed by atoms with Crippen molar-refractivity contribution in [3.63, 3.8) is 0 Å². The highest BCUT2D eigenvalue weighted by Crippen LogP contribution is 2.42. The molecule has 3 aromatic carbocycles. The minimum absolute atomic E-state index is 0.0106. The maximum atomic E-state index is 14.9. The van der Waals surface area contributed by atoms with Gasteiger partial charge in [0.15, 0.2) is 0 Å². The molecule has 2 aliphatic heterocycles. The second-order valence-electron chi connectivity index (χ2n) is 12.7. The Hall–Kier alpha value is -5.08. The summed E-state index contributed by atoms with van der Waals surface area (Å²) in [5.74, 6) is -0.562. The van der Waals surface area contributed by atoms with E-state index < -0.39 is 23.3 Å². The second kappa shape index (κ2) is 13.8. The molecule has 14 heteroatoms. The molecule has 0 radical (unpaired) electrons. The van der Waals surface area contributed by atoms with E-state index in [-0.39, 0.29) is 24.7 Å². The van der Waals surface area contributed by atoms with Crippen molar-refractivity contribution in [1.82, 2.24) is 29.1 Å². The highest BCUT2D eigenvalue weighted by atomic mass is 19.1. The van der Waals surface area contributed by atoms with Gasteiger partial charge >= 0.3 is 5.69 Å². The molecule has 2 saturated heterocycles. The third kappa shape index (κ3) is 7.06. The van der Waals surface area contributed by atoms with E-state index in [1.54, 1.807) is 17.9 Å². The van der Waals surface area contributed by atoms with E-state index in [0.29, 0.717) is 25.2 Å². The number of aromatic nitrogens is 6. The van der Waals surface area contributed by atoms with Crippen LogP contribution in [0.25, 0.3) is 5.69 Å². The molecular weight excluding hydrogens is 634 g/mol. The molecule has 0 bridgehead atoms. The first-order chi connectivity index (χ1) is 23.8. The van der Waals surface area contributed by atoms with Crippen molar-refractivity contribution in [2.45, 2.75) is 38.1 Å². The van der Waals surface area contributed by atoms with Crippen molar-refractivity contribution in [2.75, 3.05) is 49.2 Å². The lowest BCUT2D eigenvalue weighted by Gasteiger charge is -2.37. The molecule has 7 rings (SSSR count). The van der Waals surface area contributed by atoms with E-state index in [1.807, 2.05) is 36.4 Å².